The molecule has 164 valence electrons. The highest BCUT2D eigenvalue weighted by atomic mass is 127. The van der Waals surface area contributed by atoms with Crippen molar-refractivity contribution in [1.82, 2.24) is 5.32 Å². The molecule has 4 nitrogen and oxygen atoms in total. The average Bonchev–Trinajstić information content (AvgIpc) is 3.13. The third-order valence-electron chi connectivity index (χ3n) is 5.16. The number of amides is 1. The lowest BCUT2D eigenvalue weighted by Crippen LogP contribution is -2.30. The number of ether oxygens (including phenoxy) is 1. The Morgan fingerprint density at radius 1 is 1.06 bits per heavy atom. The highest BCUT2D eigenvalue weighted by molar-refractivity contribution is 14.1. The van der Waals surface area contributed by atoms with Crippen LogP contribution < -0.4 is 15.4 Å². The summed E-state index contributed by atoms with van der Waals surface area (Å²) < 4.78 is 7.00. The zero-order valence-electron chi connectivity index (χ0n) is 18.0. The van der Waals surface area contributed by atoms with Gasteiger partial charge in [0.1, 0.15) is 12.4 Å². The molecule has 1 aliphatic rings. The van der Waals surface area contributed by atoms with Gasteiger partial charge in [0.05, 0.1) is 8.48 Å². The molecule has 3 aromatic rings. The fourth-order valence-electron chi connectivity index (χ4n) is 3.27. The van der Waals surface area contributed by atoms with E-state index < -0.39 is 0 Å². The molecule has 0 saturated carbocycles. The number of hydrogen-bond donors (Lipinski definition) is 2. The quantitative estimate of drug-likeness (QED) is 0.264. The Labute approximate surface area is 207 Å². The molecule has 32 heavy (non-hydrogen) atoms. The van der Waals surface area contributed by atoms with Crippen LogP contribution in [0.1, 0.15) is 29.2 Å². The number of carbonyl (C=O) groups excluding carboxylic acids is 1. The van der Waals surface area contributed by atoms with Crippen LogP contribution >= 0.6 is 34.4 Å². The summed E-state index contributed by atoms with van der Waals surface area (Å²) in [6, 6.07) is 22.6. The van der Waals surface area contributed by atoms with E-state index in [0.717, 1.165) is 32.6 Å². The third-order valence-corrected chi connectivity index (χ3v) is 7.03. The van der Waals surface area contributed by atoms with Gasteiger partial charge in [-0.15, -0.1) is 0 Å². The lowest BCUT2D eigenvalue weighted by Gasteiger charge is -2.12. The lowest BCUT2D eigenvalue weighted by molar-refractivity contribution is -0.116. The van der Waals surface area contributed by atoms with E-state index in [-0.39, 0.29) is 11.4 Å². The Bertz CT molecular complexity index is 1130. The van der Waals surface area contributed by atoms with Gasteiger partial charge in [-0.3, -0.25) is 4.79 Å². The lowest BCUT2D eigenvalue weighted by atomic mass is 10.1. The predicted molar refractivity (Wildman–Crippen MR) is 142 cm³/mol. The Morgan fingerprint density at radius 2 is 1.78 bits per heavy atom. The van der Waals surface area contributed by atoms with Crippen molar-refractivity contribution in [3.63, 3.8) is 0 Å². The van der Waals surface area contributed by atoms with E-state index in [2.05, 4.69) is 83.5 Å². The maximum absolute atomic E-state index is 12.4. The molecule has 0 radical (unpaired) electrons. The molecule has 3 aromatic carbocycles. The van der Waals surface area contributed by atoms with E-state index in [4.69, 9.17) is 4.74 Å². The molecule has 1 heterocycles. The van der Waals surface area contributed by atoms with Gasteiger partial charge in [-0.25, -0.2) is 0 Å². The molecule has 0 spiro atoms. The van der Waals surface area contributed by atoms with E-state index >= 15 is 0 Å². The summed E-state index contributed by atoms with van der Waals surface area (Å²) in [5.41, 5.74) is 5.45. The first-order chi connectivity index (χ1) is 15.5. The van der Waals surface area contributed by atoms with Gasteiger partial charge in [0.2, 0.25) is 0 Å². The second-order valence-electron chi connectivity index (χ2n) is 7.64. The van der Waals surface area contributed by atoms with E-state index in [9.17, 15) is 4.79 Å². The van der Waals surface area contributed by atoms with E-state index in [1.54, 1.807) is 0 Å². The molecule has 0 unspecified atom stereocenters. The minimum atomic E-state index is -0.183. The molecule has 1 saturated heterocycles. The number of hydrogen-bond acceptors (Lipinski definition) is 4. The molecule has 1 fully saturated rings. The van der Waals surface area contributed by atoms with Gasteiger partial charge >= 0.3 is 0 Å². The molecule has 2 N–H and O–H groups in total. The Morgan fingerprint density at radius 3 is 2.47 bits per heavy atom. The highest BCUT2D eigenvalue weighted by Crippen LogP contribution is 2.31. The van der Waals surface area contributed by atoms with E-state index in [0.29, 0.717) is 11.5 Å². The molecule has 1 aliphatic heterocycles. The SMILES string of the molecule is CCc1ccc(N[C@@H]2NC(=O)/C(=C/c3ccc(OCc4ccc(C)cc4)c(I)c3)S2)cc1. The molecule has 0 aliphatic carbocycles. The van der Waals surface area contributed by atoms with Crippen LogP contribution in [0.4, 0.5) is 5.69 Å². The normalized spacial score (nSPS) is 16.8. The van der Waals surface area contributed by atoms with Gasteiger partial charge in [-0.2, -0.15) is 0 Å². The average molecular weight is 556 g/mol. The highest BCUT2D eigenvalue weighted by Gasteiger charge is 2.27. The molecule has 6 heteroatoms. The summed E-state index contributed by atoms with van der Waals surface area (Å²) in [7, 11) is 0. The van der Waals surface area contributed by atoms with Crippen LogP contribution in [0.3, 0.4) is 0 Å². The van der Waals surface area contributed by atoms with Gasteiger partial charge in [0.25, 0.3) is 5.91 Å². The van der Waals surface area contributed by atoms with Crippen molar-refractivity contribution in [1.29, 1.82) is 0 Å². The van der Waals surface area contributed by atoms with Gasteiger partial charge in [-0.1, -0.05) is 66.7 Å². The van der Waals surface area contributed by atoms with Crippen molar-refractivity contribution in [3.05, 3.63) is 97.5 Å². The molecular weight excluding hydrogens is 531 g/mol. The number of rotatable bonds is 7. The van der Waals surface area contributed by atoms with Crippen molar-refractivity contribution < 1.29 is 9.53 Å². The molecule has 4 rings (SSSR count). The topological polar surface area (TPSA) is 50.4 Å². The fraction of sp³-hybridized carbons (Fsp3) is 0.192. The molecular formula is C26H25IN2O2S. The maximum Gasteiger partial charge on any atom is 0.260 e. The second-order valence-corrected chi connectivity index (χ2v) is 9.95. The van der Waals surface area contributed by atoms with Crippen LogP contribution in [0.15, 0.2) is 71.6 Å². The Balaban J connectivity index is 1.38. The summed E-state index contributed by atoms with van der Waals surface area (Å²) >= 11 is 3.77. The third kappa shape index (κ3) is 5.86. The summed E-state index contributed by atoms with van der Waals surface area (Å²) in [4.78, 5) is 13.1. The summed E-state index contributed by atoms with van der Waals surface area (Å²) in [5, 5.41) is 6.35. The minimum absolute atomic E-state index is 0.0626. The summed E-state index contributed by atoms with van der Waals surface area (Å²) in [5.74, 6) is 0.777. The number of halogens is 1. The number of benzene rings is 3. The zero-order valence-corrected chi connectivity index (χ0v) is 21.0. The van der Waals surface area contributed by atoms with Gasteiger partial charge in [0, 0.05) is 5.69 Å². The van der Waals surface area contributed by atoms with Crippen molar-refractivity contribution in [2.24, 2.45) is 0 Å². The first-order valence-corrected chi connectivity index (χ1v) is 12.5. The monoisotopic (exact) mass is 556 g/mol. The summed E-state index contributed by atoms with van der Waals surface area (Å²) in [6.07, 6.45) is 2.93. The minimum Gasteiger partial charge on any atom is -0.488 e. The maximum atomic E-state index is 12.4. The van der Waals surface area contributed by atoms with Crippen LogP contribution in [-0.4, -0.2) is 11.4 Å². The number of thioether (sulfide) groups is 1. The standard InChI is InChI=1S/C26H25IN2O2S/c1-3-18-8-11-21(12-9-18)28-26-29-25(30)24(32-26)15-20-10-13-23(22(27)14-20)31-16-19-6-4-17(2)5-7-19/h4-15,26,28H,3,16H2,1-2H3,(H,29,30)/b24-15-/t26-/m1/s1. The van der Waals surface area contributed by atoms with E-state index in [1.807, 2.05) is 36.4 Å². The number of nitrogens with one attached hydrogen (secondary N) is 2. The molecule has 0 aromatic heterocycles. The van der Waals surface area contributed by atoms with Gasteiger partial charge < -0.3 is 15.4 Å². The van der Waals surface area contributed by atoms with Crippen molar-refractivity contribution in [2.45, 2.75) is 32.4 Å². The Kier molecular flexibility index (Phi) is 7.42. The number of carbonyl (C=O) groups is 1. The zero-order chi connectivity index (χ0) is 22.5. The van der Waals surface area contributed by atoms with Gasteiger partial charge in [-0.05, 0) is 83.0 Å². The van der Waals surface area contributed by atoms with Crippen molar-refractivity contribution in [3.8, 4) is 5.75 Å². The van der Waals surface area contributed by atoms with Crippen LogP contribution in [0.2, 0.25) is 0 Å². The van der Waals surface area contributed by atoms with Crippen LogP contribution in [-0.2, 0) is 17.8 Å². The van der Waals surface area contributed by atoms with E-state index in [1.165, 1.54) is 22.9 Å². The first kappa shape index (κ1) is 22.7. The molecule has 1 atom stereocenters. The summed E-state index contributed by atoms with van der Waals surface area (Å²) in [6.45, 7) is 4.74. The Hall–Kier alpha value is -2.45. The van der Waals surface area contributed by atoms with Crippen LogP contribution in [0.25, 0.3) is 6.08 Å². The van der Waals surface area contributed by atoms with Crippen molar-refractivity contribution in [2.75, 3.05) is 5.32 Å². The molecule has 0 bridgehead atoms. The smallest absolute Gasteiger partial charge is 0.260 e. The molecule has 1 amide bonds. The first-order valence-electron chi connectivity index (χ1n) is 10.5. The van der Waals surface area contributed by atoms with Crippen LogP contribution in [0, 0.1) is 10.5 Å². The predicted octanol–water partition coefficient (Wildman–Crippen LogP) is 6.34. The fourth-order valence-corrected chi connectivity index (χ4v) is 4.95. The number of anilines is 1. The van der Waals surface area contributed by atoms with Gasteiger partial charge in [0.15, 0.2) is 5.50 Å². The van der Waals surface area contributed by atoms with Crippen molar-refractivity contribution >= 4 is 52.0 Å². The van der Waals surface area contributed by atoms with Crippen LogP contribution in [0.5, 0.6) is 5.75 Å². The largest absolute Gasteiger partial charge is 0.488 e. The second kappa shape index (κ2) is 10.4. The number of aryl methyl sites for hydroxylation is 2.